The largest absolute Gasteiger partial charge is 0.326 e. The van der Waals surface area contributed by atoms with Crippen LogP contribution in [0, 0.1) is 0 Å². The first-order valence-electron chi connectivity index (χ1n) is 6.71. The van der Waals surface area contributed by atoms with Crippen LogP contribution in [0.25, 0.3) is 0 Å². The first-order valence-corrected chi connectivity index (χ1v) is 6.71. The molecule has 1 N–H and O–H groups in total. The molecule has 0 heterocycles. The summed E-state index contributed by atoms with van der Waals surface area (Å²) in [6.07, 6.45) is 1.74. The fourth-order valence-electron chi connectivity index (χ4n) is 1.72. The van der Waals surface area contributed by atoms with Gasteiger partial charge >= 0.3 is 0 Å². The first kappa shape index (κ1) is 14.7. The number of rotatable bonds is 5. The van der Waals surface area contributed by atoms with Gasteiger partial charge in [-0.3, -0.25) is 9.59 Å². The topological polar surface area (TPSA) is 58.5 Å². The number of benzene rings is 2. The van der Waals surface area contributed by atoms with Crippen molar-refractivity contribution in [2.75, 3.05) is 5.32 Å². The molecule has 0 bridgehead atoms. The van der Waals surface area contributed by atoms with Gasteiger partial charge in [-0.25, -0.2) is 4.99 Å². The number of nitrogens with zero attached hydrogens (tertiary/aromatic N) is 1. The van der Waals surface area contributed by atoms with E-state index < -0.39 is 0 Å². The Kier molecular flexibility index (Phi) is 5.41. The quantitative estimate of drug-likeness (QED) is 0.856. The smallest absolute Gasteiger partial charge is 0.246 e. The number of nitrogens with one attached hydrogen (secondary N) is 1. The van der Waals surface area contributed by atoms with Gasteiger partial charge in [0.15, 0.2) is 0 Å². The van der Waals surface area contributed by atoms with Gasteiger partial charge in [0.25, 0.3) is 0 Å². The average molecular weight is 280 g/mol. The number of para-hydroxylation sites is 1. The molecule has 4 heteroatoms. The van der Waals surface area contributed by atoms with Crippen molar-refractivity contribution in [3.63, 3.8) is 0 Å². The van der Waals surface area contributed by atoms with Crippen molar-refractivity contribution in [1.82, 2.24) is 0 Å². The van der Waals surface area contributed by atoms with Gasteiger partial charge in [0, 0.05) is 24.7 Å². The average Bonchev–Trinajstić information content (AvgIpc) is 2.53. The van der Waals surface area contributed by atoms with Crippen LogP contribution >= 0.6 is 0 Å². The van der Waals surface area contributed by atoms with E-state index in [1.165, 1.54) is 6.21 Å². The lowest BCUT2D eigenvalue weighted by Crippen LogP contribution is -2.12. The van der Waals surface area contributed by atoms with Crippen LogP contribution < -0.4 is 5.32 Å². The van der Waals surface area contributed by atoms with Crippen molar-refractivity contribution in [3.05, 3.63) is 66.2 Å². The maximum absolute atomic E-state index is 11.7. The van der Waals surface area contributed by atoms with Gasteiger partial charge < -0.3 is 5.32 Å². The third-order valence-corrected chi connectivity index (χ3v) is 2.78. The van der Waals surface area contributed by atoms with Gasteiger partial charge in [-0.1, -0.05) is 48.5 Å². The molecule has 0 aliphatic rings. The molecule has 0 aliphatic carbocycles. The van der Waals surface area contributed by atoms with Crippen molar-refractivity contribution in [1.29, 1.82) is 0 Å². The van der Waals surface area contributed by atoms with Crippen molar-refractivity contribution < 1.29 is 9.59 Å². The summed E-state index contributed by atoms with van der Waals surface area (Å²) in [6, 6.07) is 18.5. The maximum Gasteiger partial charge on any atom is 0.246 e. The van der Waals surface area contributed by atoms with Crippen LogP contribution in [0.2, 0.25) is 0 Å². The molecular weight excluding hydrogens is 264 g/mol. The second-order valence-corrected chi connectivity index (χ2v) is 4.48. The Labute approximate surface area is 123 Å². The molecule has 21 heavy (non-hydrogen) atoms. The summed E-state index contributed by atoms with van der Waals surface area (Å²) >= 11 is 0. The molecule has 0 saturated carbocycles. The number of amides is 2. The van der Waals surface area contributed by atoms with E-state index in [-0.39, 0.29) is 24.7 Å². The Bertz CT molecular complexity index is 622. The van der Waals surface area contributed by atoms with Gasteiger partial charge in [0.1, 0.15) is 0 Å². The highest BCUT2D eigenvalue weighted by molar-refractivity contribution is 5.96. The van der Waals surface area contributed by atoms with Crippen molar-refractivity contribution in [2.45, 2.75) is 12.8 Å². The van der Waals surface area contributed by atoms with Gasteiger partial charge in [-0.15, -0.1) is 0 Å². The molecule has 0 atom stereocenters. The monoisotopic (exact) mass is 280 g/mol. The molecule has 0 fully saturated rings. The summed E-state index contributed by atoms with van der Waals surface area (Å²) in [4.78, 5) is 27.1. The lowest BCUT2D eigenvalue weighted by Gasteiger charge is -2.03. The molecule has 0 unspecified atom stereocenters. The second kappa shape index (κ2) is 7.75. The maximum atomic E-state index is 11.7. The second-order valence-electron chi connectivity index (χ2n) is 4.48. The van der Waals surface area contributed by atoms with E-state index in [2.05, 4.69) is 10.3 Å². The number of hydrogen-bond donors (Lipinski definition) is 1. The minimum atomic E-state index is -0.304. The lowest BCUT2D eigenvalue weighted by atomic mass is 10.2. The third kappa shape index (κ3) is 5.40. The molecule has 2 rings (SSSR count). The molecular formula is C17H16N2O2. The van der Waals surface area contributed by atoms with Crippen LogP contribution in [-0.2, 0) is 9.59 Å². The summed E-state index contributed by atoms with van der Waals surface area (Å²) in [7, 11) is 0. The molecule has 0 aromatic heterocycles. The predicted molar refractivity (Wildman–Crippen MR) is 83.3 cm³/mol. The molecule has 106 valence electrons. The van der Waals surface area contributed by atoms with E-state index in [0.29, 0.717) is 0 Å². The minimum Gasteiger partial charge on any atom is -0.326 e. The van der Waals surface area contributed by atoms with E-state index in [1.54, 1.807) is 12.1 Å². The van der Waals surface area contributed by atoms with Crippen LogP contribution in [0.3, 0.4) is 0 Å². The molecule has 4 nitrogen and oxygen atoms in total. The number of carbonyl (C=O) groups is 2. The molecule has 2 amide bonds. The number of aliphatic imine (C=N–C) groups is 1. The molecule has 0 spiro atoms. The van der Waals surface area contributed by atoms with Crippen LogP contribution in [0.15, 0.2) is 65.7 Å². The highest BCUT2D eigenvalue weighted by atomic mass is 16.2. The summed E-state index contributed by atoms with van der Waals surface area (Å²) in [5.74, 6) is -0.494. The zero-order valence-electron chi connectivity index (χ0n) is 11.5. The Morgan fingerprint density at radius 3 is 2.19 bits per heavy atom. The lowest BCUT2D eigenvalue weighted by molar-refractivity contribution is -0.122. The van der Waals surface area contributed by atoms with Crippen LogP contribution in [-0.4, -0.2) is 18.0 Å². The fourth-order valence-corrected chi connectivity index (χ4v) is 1.72. The number of anilines is 1. The normalized spacial score (nSPS) is 10.5. The van der Waals surface area contributed by atoms with Crippen molar-refractivity contribution in [2.24, 2.45) is 4.99 Å². The summed E-state index contributed by atoms with van der Waals surface area (Å²) in [6.45, 7) is 0. The van der Waals surface area contributed by atoms with E-state index in [1.807, 2.05) is 48.5 Å². The van der Waals surface area contributed by atoms with E-state index >= 15 is 0 Å². The third-order valence-electron chi connectivity index (χ3n) is 2.78. The molecule has 2 aromatic rings. The highest BCUT2D eigenvalue weighted by Gasteiger charge is 2.05. The number of carbonyl (C=O) groups excluding carboxylic acids is 2. The zero-order chi connectivity index (χ0) is 14.9. The minimum absolute atomic E-state index is 0.0992. The first-order chi connectivity index (χ1) is 10.2. The molecule has 0 saturated heterocycles. The van der Waals surface area contributed by atoms with Gasteiger partial charge in [0.2, 0.25) is 11.8 Å². The van der Waals surface area contributed by atoms with Crippen molar-refractivity contribution in [3.8, 4) is 0 Å². The Morgan fingerprint density at radius 1 is 0.905 bits per heavy atom. The van der Waals surface area contributed by atoms with Crippen LogP contribution in [0.4, 0.5) is 5.69 Å². The van der Waals surface area contributed by atoms with Crippen LogP contribution in [0.5, 0.6) is 0 Å². The summed E-state index contributed by atoms with van der Waals surface area (Å²) in [5, 5.41) is 2.73. The molecule has 0 aliphatic heterocycles. The van der Waals surface area contributed by atoms with E-state index in [9.17, 15) is 9.59 Å². The van der Waals surface area contributed by atoms with Crippen molar-refractivity contribution >= 4 is 23.7 Å². The van der Waals surface area contributed by atoms with Gasteiger partial charge in [-0.05, 0) is 17.7 Å². The van der Waals surface area contributed by atoms with Gasteiger partial charge in [0.05, 0.1) is 0 Å². The summed E-state index contributed by atoms with van der Waals surface area (Å²) in [5.41, 5.74) is 1.59. The van der Waals surface area contributed by atoms with Crippen LogP contribution in [0.1, 0.15) is 18.4 Å². The van der Waals surface area contributed by atoms with E-state index in [4.69, 9.17) is 0 Å². The molecule has 2 aromatic carbocycles. The Morgan fingerprint density at radius 2 is 1.52 bits per heavy atom. The SMILES string of the molecule is O=C(CCC(=O)Nc1ccccc1)/N=C/c1ccccc1. The van der Waals surface area contributed by atoms with Gasteiger partial charge in [-0.2, -0.15) is 0 Å². The van der Waals surface area contributed by atoms with E-state index in [0.717, 1.165) is 11.3 Å². The zero-order valence-corrected chi connectivity index (χ0v) is 11.5. The molecule has 0 radical (unpaired) electrons. The Balaban J connectivity index is 1.76. The summed E-state index contributed by atoms with van der Waals surface area (Å²) < 4.78 is 0. The fraction of sp³-hybridized carbons (Fsp3) is 0.118. The standard InChI is InChI=1S/C17H16N2O2/c20-16(18-13-14-7-3-1-4-8-14)11-12-17(21)19-15-9-5-2-6-10-15/h1-10,13H,11-12H2,(H,19,21)/b18-13+. The highest BCUT2D eigenvalue weighted by Crippen LogP contribution is 2.06. The Hall–Kier alpha value is -2.75. The number of hydrogen-bond acceptors (Lipinski definition) is 2. The predicted octanol–water partition coefficient (Wildman–Crippen LogP) is 3.05.